The van der Waals surface area contributed by atoms with Gasteiger partial charge in [-0.05, 0) is 81.2 Å². The zero-order valence-corrected chi connectivity index (χ0v) is 47.4. The molecule has 3 aromatic heterocycles. The first-order valence-electron chi connectivity index (χ1n) is 25.4. The van der Waals surface area contributed by atoms with Crippen LogP contribution in [0.25, 0.3) is 15.4 Å². The summed E-state index contributed by atoms with van der Waals surface area (Å²) in [6, 6.07) is 7.27. The second-order valence-electron chi connectivity index (χ2n) is 20.5. The standard InChI is InChI=1S/C53H62ClN13O8S3/c1-26-28(3)78-52-41(26)42(30-14-16-33(54)17-15-30)60-35(47-65-64-29(4)67(47)52)21-38(68)56-19-18-34-48(72)61-36(46(55)71)23-76-24-40(70)62-45(53(5,6)7)51(75)66-20-8-9-37(66)49(73)63-43(50(74)57-22-39(69)59-34)31-10-12-32(13-11-31)44-27(2)58-25-77-44/h10-17,25,34-37,43,45H,8-9,18-24H2,1-7H3,(H2,55,71)(H,56,68)(H,57,74)(H,59,69)(H,61,72)(H,62,70)(H,63,73)/t34-,35+,36-,37+,43-,45-/m1/s1. The normalized spacial score (nSPS) is 22.0. The van der Waals surface area contributed by atoms with Gasteiger partial charge in [0.15, 0.2) is 5.82 Å². The van der Waals surface area contributed by atoms with Gasteiger partial charge < -0.3 is 42.5 Å². The van der Waals surface area contributed by atoms with Crippen LogP contribution in [0.4, 0.5) is 0 Å². The van der Waals surface area contributed by atoms with E-state index in [1.807, 2.05) is 44.4 Å². The maximum absolute atomic E-state index is 14.3. The first-order chi connectivity index (χ1) is 37.1. The Kier molecular flexibility index (Phi) is 17.8. The van der Waals surface area contributed by atoms with E-state index in [0.717, 1.165) is 54.5 Å². The second-order valence-corrected chi connectivity index (χ2v) is 24.0. The van der Waals surface area contributed by atoms with Crippen LogP contribution in [0.15, 0.2) is 59.0 Å². The van der Waals surface area contributed by atoms with Crippen LogP contribution in [0, 0.1) is 33.1 Å². The van der Waals surface area contributed by atoms with E-state index < -0.39 is 95.5 Å². The summed E-state index contributed by atoms with van der Waals surface area (Å²) in [6.45, 7) is 12.5. The van der Waals surface area contributed by atoms with Crippen molar-refractivity contribution in [3.05, 3.63) is 104 Å². The van der Waals surface area contributed by atoms with Crippen LogP contribution in [-0.2, 0) is 38.4 Å². The number of carbonyl (C=O) groups excluding carboxylic acids is 8. The monoisotopic (exact) mass is 1140 g/mol. The Balaban J connectivity index is 1.04. The molecule has 6 atom stereocenters. The zero-order chi connectivity index (χ0) is 56.2. The molecule has 2 aromatic carbocycles. The summed E-state index contributed by atoms with van der Waals surface area (Å²) in [6.07, 6.45) is 0.391. The summed E-state index contributed by atoms with van der Waals surface area (Å²) in [7, 11) is 0. The average molecular weight is 1140 g/mol. The third kappa shape index (κ3) is 12.9. The van der Waals surface area contributed by atoms with Gasteiger partial charge >= 0.3 is 0 Å². The van der Waals surface area contributed by atoms with Gasteiger partial charge in [0.25, 0.3) is 0 Å². The molecule has 21 nitrogen and oxygen atoms in total. The van der Waals surface area contributed by atoms with E-state index in [2.05, 4.69) is 47.1 Å². The van der Waals surface area contributed by atoms with E-state index in [-0.39, 0.29) is 43.9 Å². The number of hydrogen-bond donors (Lipinski definition) is 7. The number of benzene rings is 2. The molecular weight excluding hydrogens is 1080 g/mol. The minimum Gasteiger partial charge on any atom is -0.368 e. The number of nitrogens with two attached hydrogens (primary N) is 1. The molecule has 0 unspecified atom stereocenters. The minimum atomic E-state index is -1.40. The predicted molar refractivity (Wildman–Crippen MR) is 298 cm³/mol. The molecule has 3 aliphatic rings. The van der Waals surface area contributed by atoms with Crippen molar-refractivity contribution in [3.63, 3.8) is 0 Å². The van der Waals surface area contributed by atoms with Gasteiger partial charge in [-0.2, -0.15) is 0 Å². The number of rotatable bonds is 9. The molecule has 3 aliphatic heterocycles. The van der Waals surface area contributed by atoms with Gasteiger partial charge in [0.2, 0.25) is 47.3 Å². The summed E-state index contributed by atoms with van der Waals surface area (Å²) < 4.78 is 1.92. The van der Waals surface area contributed by atoms with Gasteiger partial charge in [-0.3, -0.25) is 47.9 Å². The van der Waals surface area contributed by atoms with Crippen molar-refractivity contribution < 1.29 is 38.4 Å². The van der Waals surface area contributed by atoms with Gasteiger partial charge in [0, 0.05) is 39.9 Å². The highest BCUT2D eigenvalue weighted by Gasteiger charge is 2.43. The van der Waals surface area contributed by atoms with Crippen LogP contribution in [0.3, 0.4) is 0 Å². The maximum Gasteiger partial charge on any atom is 0.247 e. The van der Waals surface area contributed by atoms with Crippen LogP contribution < -0.4 is 37.6 Å². The van der Waals surface area contributed by atoms with Crippen molar-refractivity contribution in [2.24, 2.45) is 16.1 Å². The number of thioether (sulfide) groups is 1. The summed E-state index contributed by atoms with van der Waals surface area (Å²) >= 11 is 10.3. The number of carbonyl (C=O) groups is 8. The molecule has 25 heteroatoms. The summed E-state index contributed by atoms with van der Waals surface area (Å²) in [5, 5.41) is 26.6. The molecule has 6 heterocycles. The highest BCUT2D eigenvalue weighted by atomic mass is 35.5. The lowest BCUT2D eigenvalue weighted by Crippen LogP contribution is -2.58. The van der Waals surface area contributed by atoms with E-state index in [9.17, 15) is 38.4 Å². The van der Waals surface area contributed by atoms with Gasteiger partial charge in [-0.25, -0.2) is 4.98 Å². The maximum atomic E-state index is 14.3. The van der Waals surface area contributed by atoms with Gasteiger partial charge in [-0.15, -0.1) is 44.6 Å². The molecule has 78 heavy (non-hydrogen) atoms. The molecule has 8 N–H and O–H groups in total. The van der Waals surface area contributed by atoms with Crippen LogP contribution >= 0.6 is 46.0 Å². The summed E-state index contributed by atoms with van der Waals surface area (Å²) in [5.74, 6) is -4.80. The molecule has 412 valence electrons. The van der Waals surface area contributed by atoms with E-state index in [0.29, 0.717) is 34.4 Å². The molecular formula is C53H62ClN13O8S3. The fourth-order valence-corrected chi connectivity index (χ4v) is 12.5. The Morgan fingerprint density at radius 1 is 0.872 bits per heavy atom. The lowest BCUT2D eigenvalue weighted by atomic mass is 9.85. The quantitative estimate of drug-likeness (QED) is 0.111. The molecule has 8 amide bonds. The number of thiazole rings is 1. The Labute approximate surface area is 468 Å². The average Bonchev–Trinajstić information content (AvgIpc) is 4.30. The van der Waals surface area contributed by atoms with E-state index >= 15 is 0 Å². The van der Waals surface area contributed by atoms with E-state index in [1.54, 1.807) is 74.0 Å². The van der Waals surface area contributed by atoms with Gasteiger partial charge in [0.05, 0.1) is 40.5 Å². The Hall–Kier alpha value is -7.02. The molecule has 0 bridgehead atoms. The number of primary amides is 1. The van der Waals surface area contributed by atoms with Crippen LogP contribution in [0.5, 0.6) is 0 Å². The minimum absolute atomic E-state index is 0.158. The van der Waals surface area contributed by atoms with Crippen molar-refractivity contribution in [2.75, 3.05) is 31.1 Å². The molecule has 5 aromatic rings. The molecule has 0 saturated carbocycles. The molecule has 0 radical (unpaired) electrons. The first-order valence-corrected chi connectivity index (χ1v) is 28.6. The largest absolute Gasteiger partial charge is 0.368 e. The predicted octanol–water partition coefficient (Wildman–Crippen LogP) is 3.83. The van der Waals surface area contributed by atoms with Crippen molar-refractivity contribution in [1.29, 1.82) is 0 Å². The third-order valence-corrected chi connectivity index (χ3v) is 17.3. The lowest BCUT2D eigenvalue weighted by molar-refractivity contribution is -0.144. The Bertz CT molecular complexity index is 3170. The number of aryl methyl sites for hydroxylation is 3. The fourth-order valence-electron chi connectivity index (χ4n) is 9.52. The van der Waals surface area contributed by atoms with Crippen LogP contribution in [-0.4, -0.2) is 133 Å². The van der Waals surface area contributed by atoms with Crippen molar-refractivity contribution in [3.8, 4) is 15.4 Å². The Morgan fingerprint density at radius 2 is 1.59 bits per heavy atom. The fraction of sp³-hybridized carbons (Fsp3) is 0.434. The molecule has 0 aliphatic carbocycles. The smallest absolute Gasteiger partial charge is 0.247 e. The number of amides is 8. The van der Waals surface area contributed by atoms with E-state index in [4.69, 9.17) is 22.3 Å². The van der Waals surface area contributed by atoms with Gasteiger partial charge in [-0.1, -0.05) is 68.8 Å². The van der Waals surface area contributed by atoms with Crippen LogP contribution in [0.2, 0.25) is 5.02 Å². The number of hydrogen-bond acceptors (Lipinski definition) is 15. The van der Waals surface area contributed by atoms with Crippen molar-refractivity contribution in [2.45, 2.75) is 110 Å². The molecule has 0 spiro atoms. The Morgan fingerprint density at radius 3 is 2.27 bits per heavy atom. The molecule has 2 fully saturated rings. The molecule has 2 saturated heterocycles. The van der Waals surface area contributed by atoms with Gasteiger partial charge in [0.1, 0.15) is 47.1 Å². The van der Waals surface area contributed by atoms with Crippen molar-refractivity contribution in [1.82, 2.24) is 56.5 Å². The van der Waals surface area contributed by atoms with E-state index in [1.165, 1.54) is 16.2 Å². The van der Waals surface area contributed by atoms with Crippen molar-refractivity contribution >= 4 is 99.0 Å². The highest BCUT2D eigenvalue weighted by molar-refractivity contribution is 8.00. The number of aromatic nitrogens is 4. The third-order valence-electron chi connectivity index (χ3n) is 13.8. The second kappa shape index (κ2) is 24.3. The molecule has 8 rings (SSSR count). The SMILES string of the molecule is Cc1ncsc1-c1ccc([C@H]2NC(=O)[C@@H]3CCCN3C(=O)[C@H](C(C)(C)C)NC(=O)CSC[C@H](C(N)=O)NC(=O)[C@@H](CCNC(=O)C[C@@H]3N=C(c4ccc(Cl)cc4)c4c(sc(C)c4C)-n4c(C)nnc43)NC(=O)CNC2=O)cc1. The number of thiophene rings is 1. The zero-order valence-electron chi connectivity index (χ0n) is 44.2. The number of nitrogens with zero attached hydrogens (tertiary/aromatic N) is 6. The lowest BCUT2D eigenvalue weighted by Gasteiger charge is -2.35. The number of nitrogens with one attached hydrogen (secondary N) is 6. The van der Waals surface area contributed by atoms with Crippen LogP contribution in [0.1, 0.15) is 103 Å². The summed E-state index contributed by atoms with van der Waals surface area (Å²) in [5.41, 5.74) is 12.0. The first kappa shape index (κ1) is 57.2. The topological polar surface area (TPSA) is 294 Å². The number of halogens is 1. The highest BCUT2D eigenvalue weighted by Crippen LogP contribution is 2.40. The summed E-state index contributed by atoms with van der Waals surface area (Å²) in [4.78, 5) is 124. The number of aliphatic imine (C=N–C) groups is 1. The number of fused-ring (bicyclic) bond motifs is 4.